The van der Waals surface area contributed by atoms with Gasteiger partial charge in [-0.15, -0.1) is 0 Å². The van der Waals surface area contributed by atoms with Crippen LogP contribution in [0.25, 0.3) is 0 Å². The highest BCUT2D eigenvalue weighted by atomic mass is 16.7. The van der Waals surface area contributed by atoms with E-state index in [2.05, 4.69) is 0 Å². The predicted octanol–water partition coefficient (Wildman–Crippen LogP) is 0.144. The Morgan fingerprint density at radius 1 is 1.33 bits per heavy atom. The lowest BCUT2D eigenvalue weighted by atomic mass is 9.96. The third-order valence-electron chi connectivity index (χ3n) is 2.47. The molecule has 0 spiro atoms. The standard InChI is InChI=1S/C8H16O4/c1-5-8(2,9)6(10-3)7(11-4)12-5/h5-7,9H,1-4H3/t5-,6+,7+,8-/m1/s1. The van der Waals surface area contributed by atoms with E-state index in [4.69, 9.17) is 14.2 Å². The molecule has 1 aliphatic rings. The summed E-state index contributed by atoms with van der Waals surface area (Å²) in [4.78, 5) is 0. The van der Waals surface area contributed by atoms with Crippen LogP contribution in [0.2, 0.25) is 0 Å². The number of hydrogen-bond acceptors (Lipinski definition) is 4. The number of methoxy groups -OCH3 is 2. The van der Waals surface area contributed by atoms with Crippen LogP contribution in [-0.2, 0) is 14.2 Å². The lowest BCUT2D eigenvalue weighted by Crippen LogP contribution is -2.45. The highest BCUT2D eigenvalue weighted by Crippen LogP contribution is 2.32. The fraction of sp³-hybridized carbons (Fsp3) is 1.00. The zero-order chi connectivity index (χ0) is 9.35. The van der Waals surface area contributed by atoms with Gasteiger partial charge in [0, 0.05) is 14.2 Å². The van der Waals surface area contributed by atoms with Crippen LogP contribution in [0.3, 0.4) is 0 Å². The van der Waals surface area contributed by atoms with Gasteiger partial charge in [-0.2, -0.15) is 0 Å². The van der Waals surface area contributed by atoms with Crippen molar-refractivity contribution in [2.75, 3.05) is 14.2 Å². The molecule has 1 saturated heterocycles. The number of aliphatic hydroxyl groups is 1. The van der Waals surface area contributed by atoms with Crippen LogP contribution in [0.1, 0.15) is 13.8 Å². The Hall–Kier alpha value is -0.160. The molecule has 0 aromatic rings. The maximum atomic E-state index is 9.89. The third kappa shape index (κ3) is 1.35. The number of hydrogen-bond donors (Lipinski definition) is 1. The topological polar surface area (TPSA) is 47.9 Å². The monoisotopic (exact) mass is 176 g/mol. The first-order chi connectivity index (χ1) is 5.54. The van der Waals surface area contributed by atoms with Gasteiger partial charge in [-0.1, -0.05) is 0 Å². The molecular weight excluding hydrogens is 160 g/mol. The molecule has 0 radical (unpaired) electrons. The highest BCUT2D eigenvalue weighted by molar-refractivity contribution is 4.96. The fourth-order valence-electron chi connectivity index (χ4n) is 1.45. The van der Waals surface area contributed by atoms with Crippen LogP contribution < -0.4 is 0 Å². The van der Waals surface area contributed by atoms with Crippen LogP contribution in [-0.4, -0.2) is 43.4 Å². The summed E-state index contributed by atoms with van der Waals surface area (Å²) in [6.07, 6.45) is -1.16. The average molecular weight is 176 g/mol. The molecule has 0 unspecified atom stereocenters. The van der Waals surface area contributed by atoms with Gasteiger partial charge in [0.2, 0.25) is 0 Å². The van der Waals surface area contributed by atoms with E-state index in [0.717, 1.165) is 0 Å². The molecule has 0 saturated carbocycles. The first-order valence-corrected chi connectivity index (χ1v) is 3.97. The van der Waals surface area contributed by atoms with Crippen molar-refractivity contribution in [3.63, 3.8) is 0 Å². The van der Waals surface area contributed by atoms with Crippen molar-refractivity contribution in [1.29, 1.82) is 0 Å². The van der Waals surface area contributed by atoms with Gasteiger partial charge < -0.3 is 19.3 Å². The first kappa shape index (κ1) is 9.92. The van der Waals surface area contributed by atoms with Gasteiger partial charge in [-0.3, -0.25) is 0 Å². The van der Waals surface area contributed by atoms with Crippen molar-refractivity contribution < 1.29 is 19.3 Å². The van der Waals surface area contributed by atoms with E-state index in [9.17, 15) is 5.11 Å². The van der Waals surface area contributed by atoms with Crippen molar-refractivity contribution in [3.05, 3.63) is 0 Å². The summed E-state index contributed by atoms with van der Waals surface area (Å²) in [5.74, 6) is 0. The Labute approximate surface area is 72.4 Å². The van der Waals surface area contributed by atoms with Gasteiger partial charge in [0.05, 0.1) is 6.10 Å². The van der Waals surface area contributed by atoms with E-state index in [1.54, 1.807) is 13.8 Å². The van der Waals surface area contributed by atoms with E-state index in [-0.39, 0.29) is 6.10 Å². The van der Waals surface area contributed by atoms with Crippen molar-refractivity contribution in [3.8, 4) is 0 Å². The SMILES string of the molecule is CO[C@H]1O[C@H](C)[C@@](C)(O)[C@H]1OC. The predicted molar refractivity (Wildman–Crippen MR) is 42.8 cm³/mol. The second-order valence-electron chi connectivity index (χ2n) is 3.26. The maximum Gasteiger partial charge on any atom is 0.186 e. The molecule has 1 N–H and O–H groups in total. The molecule has 0 amide bonds. The molecule has 1 rings (SSSR count). The highest BCUT2D eigenvalue weighted by Gasteiger charge is 2.51. The summed E-state index contributed by atoms with van der Waals surface area (Å²) in [5.41, 5.74) is -0.977. The molecule has 72 valence electrons. The minimum absolute atomic E-state index is 0.271. The van der Waals surface area contributed by atoms with E-state index >= 15 is 0 Å². The fourth-order valence-corrected chi connectivity index (χ4v) is 1.45. The molecule has 4 atom stereocenters. The summed E-state index contributed by atoms with van der Waals surface area (Å²) < 4.78 is 15.4. The Morgan fingerprint density at radius 2 is 1.92 bits per heavy atom. The van der Waals surface area contributed by atoms with Gasteiger partial charge in [0.15, 0.2) is 6.29 Å². The molecule has 0 aliphatic carbocycles. The molecular formula is C8H16O4. The summed E-state index contributed by atoms with van der Waals surface area (Å²) in [6, 6.07) is 0. The van der Waals surface area contributed by atoms with Crippen molar-refractivity contribution >= 4 is 0 Å². The Bertz CT molecular complexity index is 157. The average Bonchev–Trinajstić information content (AvgIpc) is 2.23. The van der Waals surface area contributed by atoms with Crippen molar-refractivity contribution in [2.24, 2.45) is 0 Å². The van der Waals surface area contributed by atoms with Gasteiger partial charge in [0.25, 0.3) is 0 Å². The van der Waals surface area contributed by atoms with Gasteiger partial charge in [-0.25, -0.2) is 0 Å². The minimum atomic E-state index is -0.977. The van der Waals surface area contributed by atoms with Crippen LogP contribution >= 0.6 is 0 Å². The minimum Gasteiger partial charge on any atom is -0.385 e. The third-order valence-corrected chi connectivity index (χ3v) is 2.47. The second-order valence-corrected chi connectivity index (χ2v) is 3.26. The summed E-state index contributed by atoms with van der Waals surface area (Å²) in [7, 11) is 3.07. The Kier molecular flexibility index (Phi) is 2.73. The molecule has 1 heterocycles. The molecule has 1 fully saturated rings. The Morgan fingerprint density at radius 3 is 2.25 bits per heavy atom. The van der Waals surface area contributed by atoms with Crippen LogP contribution in [0.4, 0.5) is 0 Å². The Balaban J connectivity index is 2.76. The number of ether oxygens (including phenoxy) is 3. The van der Waals surface area contributed by atoms with Crippen LogP contribution in [0, 0.1) is 0 Å². The second kappa shape index (κ2) is 3.30. The van der Waals surface area contributed by atoms with E-state index < -0.39 is 18.0 Å². The van der Waals surface area contributed by atoms with E-state index in [1.807, 2.05) is 0 Å². The zero-order valence-electron chi connectivity index (χ0n) is 7.90. The quantitative estimate of drug-likeness (QED) is 0.650. The van der Waals surface area contributed by atoms with Crippen LogP contribution in [0.5, 0.6) is 0 Å². The zero-order valence-corrected chi connectivity index (χ0v) is 7.90. The van der Waals surface area contributed by atoms with Gasteiger partial charge in [0.1, 0.15) is 11.7 Å². The largest absolute Gasteiger partial charge is 0.385 e. The molecule has 4 nitrogen and oxygen atoms in total. The molecule has 0 aromatic carbocycles. The van der Waals surface area contributed by atoms with Crippen molar-refractivity contribution in [1.82, 2.24) is 0 Å². The molecule has 12 heavy (non-hydrogen) atoms. The normalized spacial score (nSPS) is 48.2. The summed E-state index contributed by atoms with van der Waals surface area (Å²) >= 11 is 0. The number of rotatable bonds is 2. The molecule has 4 heteroatoms. The molecule has 0 aromatic heterocycles. The summed E-state index contributed by atoms with van der Waals surface area (Å²) in [6.45, 7) is 3.48. The molecule has 1 aliphatic heterocycles. The lowest BCUT2D eigenvalue weighted by Gasteiger charge is -2.26. The van der Waals surface area contributed by atoms with Gasteiger partial charge >= 0.3 is 0 Å². The summed E-state index contributed by atoms with van der Waals surface area (Å²) in [5, 5.41) is 9.89. The molecule has 0 bridgehead atoms. The van der Waals surface area contributed by atoms with Crippen LogP contribution in [0.15, 0.2) is 0 Å². The first-order valence-electron chi connectivity index (χ1n) is 3.97. The lowest BCUT2D eigenvalue weighted by molar-refractivity contribution is -0.156. The van der Waals surface area contributed by atoms with Crippen molar-refractivity contribution in [2.45, 2.75) is 37.9 Å². The smallest absolute Gasteiger partial charge is 0.186 e. The maximum absolute atomic E-state index is 9.89. The van der Waals surface area contributed by atoms with E-state index in [1.165, 1.54) is 14.2 Å². The van der Waals surface area contributed by atoms with E-state index in [0.29, 0.717) is 0 Å². The van der Waals surface area contributed by atoms with Gasteiger partial charge in [-0.05, 0) is 13.8 Å².